The van der Waals surface area contributed by atoms with Crippen LogP contribution in [-0.2, 0) is 30.4 Å². The Morgan fingerprint density at radius 1 is 0.319 bits per heavy atom. The quantitative estimate of drug-likeness (QED) is 0.108. The number of hydrogen-bond donors (Lipinski definition) is 5. The minimum absolute atomic E-state index is 0.000273. The Hall–Kier alpha value is -3.01. The average molecular weight is 1050 g/mol. The molecule has 10 rings (SSSR count). The van der Waals surface area contributed by atoms with Crippen molar-refractivity contribution < 1.29 is 49.1 Å². The molecule has 0 radical (unpaired) electrons. The largest absolute Gasteiger partial charge is 0.508 e. The lowest BCUT2D eigenvalue weighted by Gasteiger charge is -2.40. The maximum atomic E-state index is 13.9. The topological polar surface area (TPSA) is 204 Å². The van der Waals surface area contributed by atoms with Crippen LogP contribution in [0, 0.1) is 23.7 Å². The number of phenolic OH excluding ortho intramolecular Hbond substituents is 2. The van der Waals surface area contributed by atoms with E-state index in [4.69, 9.17) is 0 Å². The highest BCUT2D eigenvalue weighted by atomic mass is 32.2. The van der Waals surface area contributed by atoms with Gasteiger partial charge in [-0.15, -0.1) is 0 Å². The van der Waals surface area contributed by atoms with Crippen molar-refractivity contribution in [1.29, 1.82) is 0 Å². The van der Waals surface area contributed by atoms with Crippen LogP contribution < -0.4 is 0 Å². The summed E-state index contributed by atoms with van der Waals surface area (Å²) in [6.07, 6.45) is 27.0. The second-order valence-corrected chi connectivity index (χ2v) is 28.3. The van der Waals surface area contributed by atoms with Gasteiger partial charge in [-0.1, -0.05) is 102 Å². The normalized spacial score (nSPS) is 29.9. The SMILES string of the molecule is O=S(=O)(O)c1cc(C2CCCCC2)c(O)c(C2CCCC(C3CCCC(c4cc(C5CCCC(C6CCC(c7cc(O)cc(C8CCCC8)c7S(=O)(=O)O)C6)C5)cc(C5CCCCC5)c4S(=O)(=O)O)C3)C2)c1. The highest BCUT2D eigenvalue weighted by molar-refractivity contribution is 7.86. The molecular weight excluding hydrogens is 969 g/mol. The average Bonchev–Trinajstić information content (AvgIpc) is 4.10. The Labute approximate surface area is 430 Å². The molecule has 8 unspecified atom stereocenters. The van der Waals surface area contributed by atoms with Gasteiger partial charge in [0.2, 0.25) is 0 Å². The lowest BCUT2D eigenvalue weighted by Crippen LogP contribution is -2.27. The molecule has 7 saturated carbocycles. The van der Waals surface area contributed by atoms with Crippen LogP contribution in [0.1, 0.15) is 267 Å². The predicted octanol–water partition coefficient (Wildman–Crippen LogP) is 14.7. The van der Waals surface area contributed by atoms with Gasteiger partial charge < -0.3 is 10.2 Å². The molecule has 7 aliphatic rings. The van der Waals surface area contributed by atoms with Gasteiger partial charge in [0.05, 0.1) is 4.90 Å². The third-order valence-corrected chi connectivity index (χ3v) is 22.7. The van der Waals surface area contributed by atoms with Gasteiger partial charge in [0.1, 0.15) is 21.3 Å². The number of benzene rings is 3. The van der Waals surface area contributed by atoms with Crippen molar-refractivity contribution in [3.63, 3.8) is 0 Å². The minimum Gasteiger partial charge on any atom is -0.508 e. The van der Waals surface area contributed by atoms with Crippen LogP contribution in [-0.4, -0.2) is 49.1 Å². The van der Waals surface area contributed by atoms with Crippen LogP contribution >= 0.6 is 0 Å². The van der Waals surface area contributed by atoms with Gasteiger partial charge in [-0.3, -0.25) is 13.7 Å². The number of phenols is 2. The standard InChI is InChI=1S/C58H80O11S3/c59-48-32-54(38-16-7-8-17-38)58(72(67,68)69)55(33-48)46-25-24-43(29-46)39-18-9-21-42(26-39)47-30-52(37-14-5-2-6-15-37)57(71(64,65)66)53(31-47)45-23-11-20-41(28-45)40-19-10-22-44(27-40)51-35-49(70(61,62)63)34-50(56(51)60)36-12-3-1-4-13-36/h30-46,59-60H,1-29H2,(H,61,62,63)(H,64,65,66)(H,67,68,69). The van der Waals surface area contributed by atoms with Crippen LogP contribution in [0.4, 0.5) is 0 Å². The van der Waals surface area contributed by atoms with E-state index in [0.29, 0.717) is 34.1 Å². The first-order chi connectivity index (χ1) is 34.4. The molecule has 14 heteroatoms. The molecule has 8 atom stereocenters. The first-order valence-corrected chi connectivity index (χ1v) is 32.6. The monoisotopic (exact) mass is 1050 g/mol. The number of rotatable bonds is 12. The minimum atomic E-state index is -4.59. The fraction of sp³-hybridized carbons (Fsp3) is 0.690. The van der Waals surface area contributed by atoms with Gasteiger partial charge in [0.15, 0.2) is 0 Å². The van der Waals surface area contributed by atoms with Crippen molar-refractivity contribution in [2.75, 3.05) is 0 Å². The molecule has 3 aromatic carbocycles. The van der Waals surface area contributed by atoms with E-state index in [2.05, 4.69) is 12.1 Å². The second kappa shape index (κ2) is 21.5. The zero-order chi connectivity index (χ0) is 50.5. The highest BCUT2D eigenvalue weighted by Gasteiger charge is 2.42. The summed E-state index contributed by atoms with van der Waals surface area (Å²) >= 11 is 0. The molecule has 0 aromatic heterocycles. The molecule has 5 N–H and O–H groups in total. The van der Waals surface area contributed by atoms with Crippen LogP contribution in [0.5, 0.6) is 11.5 Å². The molecule has 0 bridgehead atoms. The van der Waals surface area contributed by atoms with Gasteiger partial charge in [0.25, 0.3) is 30.4 Å². The van der Waals surface area contributed by atoms with Gasteiger partial charge in [-0.2, -0.15) is 25.3 Å². The summed E-state index contributed by atoms with van der Waals surface area (Å²) in [4.78, 5) is 0.00748. The molecule has 396 valence electrons. The van der Waals surface area contributed by atoms with E-state index >= 15 is 0 Å². The summed E-state index contributed by atoms with van der Waals surface area (Å²) in [7, 11) is -13.6. The summed E-state index contributed by atoms with van der Waals surface area (Å²) in [5, 5.41) is 22.8. The first-order valence-electron chi connectivity index (χ1n) is 28.2. The van der Waals surface area contributed by atoms with Gasteiger partial charge in [0, 0.05) is 0 Å². The van der Waals surface area contributed by atoms with Crippen molar-refractivity contribution >= 4 is 30.4 Å². The molecule has 3 aromatic rings. The Balaban J connectivity index is 0.925. The van der Waals surface area contributed by atoms with Gasteiger partial charge in [-0.05, 0) is 225 Å². The molecule has 0 saturated heterocycles. The highest BCUT2D eigenvalue weighted by Crippen LogP contribution is 2.55. The molecule has 0 aliphatic heterocycles. The Bertz CT molecular complexity index is 2790. The van der Waals surface area contributed by atoms with Crippen LogP contribution in [0.15, 0.2) is 51.1 Å². The molecule has 0 heterocycles. The fourth-order valence-corrected chi connectivity index (χ4v) is 19.1. The van der Waals surface area contributed by atoms with Crippen molar-refractivity contribution in [2.45, 2.75) is 242 Å². The molecule has 0 spiro atoms. The van der Waals surface area contributed by atoms with E-state index in [-0.39, 0.29) is 79.4 Å². The summed E-state index contributed by atoms with van der Waals surface area (Å²) < 4.78 is 112. The Morgan fingerprint density at radius 3 is 1.12 bits per heavy atom. The van der Waals surface area contributed by atoms with Gasteiger partial charge in [-0.25, -0.2) is 0 Å². The first kappa shape index (κ1) is 52.4. The van der Waals surface area contributed by atoms with Crippen molar-refractivity contribution in [3.05, 3.63) is 75.3 Å². The summed E-state index contributed by atoms with van der Waals surface area (Å²) in [6, 6.07) is 10.5. The number of aromatic hydroxyl groups is 2. The maximum Gasteiger partial charge on any atom is 0.295 e. The Kier molecular flexibility index (Phi) is 15.7. The summed E-state index contributed by atoms with van der Waals surface area (Å²) in [5.74, 6) is 1.58. The molecule has 7 fully saturated rings. The van der Waals surface area contributed by atoms with Crippen molar-refractivity contribution in [1.82, 2.24) is 0 Å². The fourth-order valence-electron chi connectivity index (χ4n) is 16.4. The maximum absolute atomic E-state index is 13.9. The summed E-state index contributed by atoms with van der Waals surface area (Å²) in [5.41, 5.74) is 5.10. The van der Waals surface area contributed by atoms with E-state index in [9.17, 15) is 49.1 Å². The Morgan fingerprint density at radius 2 is 0.653 bits per heavy atom. The molecule has 72 heavy (non-hydrogen) atoms. The van der Waals surface area contributed by atoms with Crippen LogP contribution in [0.2, 0.25) is 0 Å². The van der Waals surface area contributed by atoms with E-state index < -0.39 is 30.4 Å². The zero-order valence-corrected chi connectivity index (χ0v) is 44.7. The third kappa shape index (κ3) is 11.3. The van der Waals surface area contributed by atoms with E-state index in [1.165, 1.54) is 17.7 Å². The van der Waals surface area contributed by atoms with Crippen LogP contribution in [0.3, 0.4) is 0 Å². The second-order valence-electron chi connectivity index (χ2n) is 24.1. The predicted molar refractivity (Wildman–Crippen MR) is 279 cm³/mol. The molecule has 7 aliphatic carbocycles. The zero-order valence-electron chi connectivity index (χ0n) is 42.2. The van der Waals surface area contributed by atoms with E-state index in [0.717, 1.165) is 197 Å². The third-order valence-electron chi connectivity index (χ3n) is 19.9. The summed E-state index contributed by atoms with van der Waals surface area (Å²) in [6.45, 7) is 0. The van der Waals surface area contributed by atoms with Crippen LogP contribution in [0.25, 0.3) is 0 Å². The molecule has 11 nitrogen and oxygen atoms in total. The smallest absolute Gasteiger partial charge is 0.295 e. The van der Waals surface area contributed by atoms with Crippen molar-refractivity contribution in [2.24, 2.45) is 23.7 Å². The van der Waals surface area contributed by atoms with E-state index in [1.807, 2.05) is 0 Å². The van der Waals surface area contributed by atoms with Gasteiger partial charge >= 0.3 is 0 Å². The molecular formula is C58H80O11S3. The van der Waals surface area contributed by atoms with Crippen molar-refractivity contribution in [3.8, 4) is 11.5 Å². The lowest BCUT2D eigenvalue weighted by atomic mass is 9.65. The molecule has 0 amide bonds. The van der Waals surface area contributed by atoms with E-state index in [1.54, 1.807) is 12.1 Å². The lowest BCUT2D eigenvalue weighted by molar-refractivity contribution is 0.169. The number of hydrogen-bond acceptors (Lipinski definition) is 8.